The highest BCUT2D eigenvalue weighted by molar-refractivity contribution is 5.75. The molecule has 0 fully saturated rings. The lowest BCUT2D eigenvalue weighted by atomic mass is 10.3. The average molecular weight is 124 g/mol. The van der Waals surface area contributed by atoms with Crippen molar-refractivity contribution in [2.75, 3.05) is 0 Å². The molecule has 0 aromatic heterocycles. The van der Waals surface area contributed by atoms with Crippen molar-refractivity contribution in [2.45, 2.75) is 26.2 Å². The third kappa shape index (κ3) is 11.1. The first-order chi connectivity index (χ1) is 3.91. The molecule has 0 amide bonds. The minimum atomic E-state index is 0. The second-order valence-electron chi connectivity index (χ2n) is 1.50. The smallest absolute Gasteiger partial charge is 0.137 e. The maximum absolute atomic E-state index is 4.64. The highest BCUT2D eigenvalue weighted by Crippen LogP contribution is 1.89. The molecule has 0 aliphatic rings. The molecule has 0 spiro atoms. The molecule has 49 valence electrons. The van der Waals surface area contributed by atoms with E-state index in [2.05, 4.69) is 29.7 Å². The van der Waals surface area contributed by atoms with Gasteiger partial charge in [0.25, 0.3) is 0 Å². The molecular weight excluding hydrogens is 113 g/mol. The van der Waals surface area contributed by atoms with Crippen LogP contribution in [-0.2, 0) is 4.84 Å². The topological polar surface area (TPSA) is 35.2 Å². The van der Waals surface area contributed by atoms with Crippen LogP contribution in [0.15, 0.2) is 0 Å². The second kappa shape index (κ2) is 10.4. The van der Waals surface area contributed by atoms with E-state index in [4.69, 9.17) is 0 Å². The Labute approximate surface area is 58.3 Å². The Balaban J connectivity index is 0. The molecule has 0 rings (SSSR count). The molecule has 0 heterocycles. The lowest BCUT2D eigenvalue weighted by Gasteiger charge is -1.81. The zero-order valence-corrected chi connectivity index (χ0v) is 5.68. The first kappa shape index (κ1) is 11.2. The molecule has 0 aliphatic heterocycles. The van der Waals surface area contributed by atoms with Gasteiger partial charge in [0, 0.05) is 14.8 Å². The number of nitrogens with two attached hydrogens (primary N) is 1. The fraction of sp³-hybridized carbons (Fsp3) is 0.667. The first-order valence-corrected chi connectivity index (χ1v) is 2.75. The Bertz CT molecular complexity index is 95.0. The highest BCUT2D eigenvalue weighted by Gasteiger charge is 1.74. The van der Waals surface area contributed by atoms with Crippen LogP contribution in [0, 0.1) is 12.0 Å². The third-order valence-corrected chi connectivity index (χ3v) is 0.786. The van der Waals surface area contributed by atoms with Gasteiger partial charge in [0.15, 0.2) is 0 Å². The van der Waals surface area contributed by atoms with Crippen LogP contribution < -0.4 is 5.90 Å². The maximum Gasteiger partial charge on any atom is 0.137 e. The Morgan fingerprint density at radius 3 is 2.67 bits per heavy atom. The molecule has 0 aliphatic carbocycles. The summed E-state index contributed by atoms with van der Waals surface area (Å²) in [4.78, 5) is 4.03. The summed E-state index contributed by atoms with van der Waals surface area (Å²) in [6.07, 6.45) is 5.48. The zero-order chi connectivity index (χ0) is 6.24. The summed E-state index contributed by atoms with van der Waals surface area (Å²) in [5.41, 5.74) is 0. The molecule has 9 heavy (non-hydrogen) atoms. The van der Waals surface area contributed by atoms with Gasteiger partial charge in [0.05, 0.1) is 0 Å². The standard InChI is InChI=1S/C6H11NO.B/c1-2-3-4-5-6-8-7;/h2-4,7H2,1H3;. The van der Waals surface area contributed by atoms with Crippen LogP contribution in [0.4, 0.5) is 0 Å². The molecule has 2 N–H and O–H groups in total. The summed E-state index contributed by atoms with van der Waals surface area (Å²) < 4.78 is 0. The number of unbranched alkanes of at least 4 members (excludes halogenated alkanes) is 2. The van der Waals surface area contributed by atoms with E-state index >= 15 is 0 Å². The molecule has 0 unspecified atom stereocenters. The van der Waals surface area contributed by atoms with Gasteiger partial charge in [-0.05, 0) is 6.42 Å². The van der Waals surface area contributed by atoms with E-state index in [0.29, 0.717) is 0 Å². The number of hydrogen-bond acceptors (Lipinski definition) is 2. The Hall–Kier alpha value is -0.615. The fourth-order valence-electron chi connectivity index (χ4n) is 0.358. The minimum absolute atomic E-state index is 0. The maximum atomic E-state index is 4.64. The van der Waals surface area contributed by atoms with Gasteiger partial charge in [0.2, 0.25) is 0 Å². The Kier molecular flexibility index (Phi) is 12.9. The Morgan fingerprint density at radius 2 is 2.22 bits per heavy atom. The van der Waals surface area contributed by atoms with Crippen molar-refractivity contribution >= 4 is 8.41 Å². The SMILES string of the molecule is CCCCC#CON.[B]. The van der Waals surface area contributed by atoms with Crippen molar-refractivity contribution in [3.8, 4) is 12.0 Å². The summed E-state index contributed by atoms with van der Waals surface area (Å²) in [6, 6.07) is 0. The fourth-order valence-corrected chi connectivity index (χ4v) is 0.358. The van der Waals surface area contributed by atoms with Crippen molar-refractivity contribution in [1.82, 2.24) is 0 Å². The molecule has 0 aromatic rings. The van der Waals surface area contributed by atoms with Gasteiger partial charge in [-0.3, -0.25) is 0 Å². The van der Waals surface area contributed by atoms with Crippen molar-refractivity contribution < 1.29 is 4.84 Å². The second-order valence-corrected chi connectivity index (χ2v) is 1.50. The van der Waals surface area contributed by atoms with Crippen molar-refractivity contribution in [2.24, 2.45) is 5.90 Å². The number of hydrogen-bond donors (Lipinski definition) is 1. The van der Waals surface area contributed by atoms with E-state index in [0.717, 1.165) is 12.8 Å². The molecule has 0 saturated heterocycles. The van der Waals surface area contributed by atoms with E-state index in [9.17, 15) is 0 Å². The third-order valence-electron chi connectivity index (χ3n) is 0.786. The van der Waals surface area contributed by atoms with Gasteiger partial charge < -0.3 is 4.84 Å². The molecule has 0 atom stereocenters. The van der Waals surface area contributed by atoms with E-state index in [1.54, 1.807) is 0 Å². The molecule has 0 aromatic carbocycles. The zero-order valence-electron chi connectivity index (χ0n) is 5.68. The van der Waals surface area contributed by atoms with Crippen LogP contribution in [0.5, 0.6) is 0 Å². The average Bonchev–Trinajstić information content (AvgIpc) is 1.81. The van der Waals surface area contributed by atoms with Gasteiger partial charge in [-0.2, -0.15) is 5.90 Å². The van der Waals surface area contributed by atoms with Gasteiger partial charge >= 0.3 is 0 Å². The predicted octanol–water partition coefficient (Wildman–Crippen LogP) is 0.647. The van der Waals surface area contributed by atoms with Crippen LogP contribution in [0.25, 0.3) is 0 Å². The van der Waals surface area contributed by atoms with E-state index in [1.165, 1.54) is 6.42 Å². The van der Waals surface area contributed by atoms with Crippen LogP contribution >= 0.6 is 0 Å². The summed E-state index contributed by atoms with van der Waals surface area (Å²) in [5, 5.41) is 0. The Morgan fingerprint density at radius 1 is 1.56 bits per heavy atom. The molecule has 2 nitrogen and oxygen atoms in total. The summed E-state index contributed by atoms with van der Waals surface area (Å²) in [5.74, 6) is 7.38. The van der Waals surface area contributed by atoms with Crippen LogP contribution in [0.3, 0.4) is 0 Å². The van der Waals surface area contributed by atoms with Gasteiger partial charge in [0.1, 0.15) is 6.11 Å². The molecule has 3 radical (unpaired) electrons. The predicted molar refractivity (Wildman–Crippen MR) is 38.3 cm³/mol. The molecule has 3 heteroatoms. The lowest BCUT2D eigenvalue weighted by Crippen LogP contribution is -1.87. The van der Waals surface area contributed by atoms with Crippen LogP contribution in [-0.4, -0.2) is 8.41 Å². The lowest BCUT2D eigenvalue weighted by molar-refractivity contribution is 0.291. The monoisotopic (exact) mass is 124 g/mol. The van der Waals surface area contributed by atoms with Crippen molar-refractivity contribution in [3.05, 3.63) is 0 Å². The van der Waals surface area contributed by atoms with Crippen molar-refractivity contribution in [3.63, 3.8) is 0 Å². The molecule has 0 bridgehead atoms. The molecule has 0 saturated carbocycles. The summed E-state index contributed by atoms with van der Waals surface area (Å²) >= 11 is 0. The van der Waals surface area contributed by atoms with E-state index in [1.807, 2.05) is 0 Å². The molecular formula is C6H11BNO. The van der Waals surface area contributed by atoms with Crippen molar-refractivity contribution in [1.29, 1.82) is 0 Å². The van der Waals surface area contributed by atoms with Gasteiger partial charge in [-0.15, -0.1) is 0 Å². The quantitative estimate of drug-likeness (QED) is 0.254. The first-order valence-electron chi connectivity index (χ1n) is 2.75. The van der Waals surface area contributed by atoms with Crippen LogP contribution in [0.2, 0.25) is 0 Å². The van der Waals surface area contributed by atoms with Gasteiger partial charge in [-0.1, -0.05) is 19.3 Å². The van der Waals surface area contributed by atoms with Gasteiger partial charge in [-0.25, -0.2) is 0 Å². The number of rotatable bonds is 2. The summed E-state index contributed by atoms with van der Waals surface area (Å²) in [6.45, 7) is 2.12. The largest absolute Gasteiger partial charge is 0.359 e. The normalized spacial score (nSPS) is 6.44. The minimum Gasteiger partial charge on any atom is -0.359 e. The van der Waals surface area contributed by atoms with E-state index < -0.39 is 0 Å². The van der Waals surface area contributed by atoms with E-state index in [-0.39, 0.29) is 8.41 Å². The highest BCUT2D eigenvalue weighted by atomic mass is 16.6. The summed E-state index contributed by atoms with van der Waals surface area (Å²) in [7, 11) is 0. The van der Waals surface area contributed by atoms with Crippen LogP contribution in [0.1, 0.15) is 26.2 Å².